The SMILES string of the molecule is CC(Cn1c(COC(=O)NC(=O)CCl)nc(C(C)C)c1Sc1cc(Cl)cc(Cl)c1)OC(=O)NC(=O)CCl. The smallest absolute Gasteiger partial charge is 0.414 e. The summed E-state index contributed by atoms with van der Waals surface area (Å²) in [5.41, 5.74) is 0.672. The third kappa shape index (κ3) is 9.90. The van der Waals surface area contributed by atoms with Gasteiger partial charge in [-0.25, -0.2) is 14.6 Å². The maximum absolute atomic E-state index is 12.0. The molecular formula is C22H24Cl4N4O6S. The van der Waals surface area contributed by atoms with Gasteiger partial charge in [-0.15, -0.1) is 23.2 Å². The molecule has 0 aliphatic rings. The molecule has 1 unspecified atom stereocenters. The van der Waals surface area contributed by atoms with Crippen molar-refractivity contribution in [3.8, 4) is 0 Å². The van der Waals surface area contributed by atoms with Crippen molar-refractivity contribution in [3.63, 3.8) is 0 Å². The zero-order valence-corrected chi connectivity index (χ0v) is 23.8. The minimum atomic E-state index is -0.995. The van der Waals surface area contributed by atoms with Crippen LogP contribution in [-0.4, -0.2) is 51.4 Å². The summed E-state index contributed by atoms with van der Waals surface area (Å²) in [5.74, 6) is -1.96. The van der Waals surface area contributed by atoms with Crippen LogP contribution >= 0.6 is 58.2 Å². The highest BCUT2D eigenvalue weighted by Gasteiger charge is 2.24. The first-order chi connectivity index (χ1) is 17.4. The topological polar surface area (TPSA) is 129 Å². The molecule has 10 nitrogen and oxygen atoms in total. The highest BCUT2D eigenvalue weighted by atomic mass is 35.5. The molecule has 2 aromatic rings. The number of hydrogen-bond acceptors (Lipinski definition) is 8. The molecule has 202 valence electrons. The summed E-state index contributed by atoms with van der Waals surface area (Å²) in [4.78, 5) is 52.1. The van der Waals surface area contributed by atoms with Gasteiger partial charge in [0.15, 0.2) is 6.61 Å². The molecule has 1 aromatic carbocycles. The number of aromatic nitrogens is 2. The van der Waals surface area contributed by atoms with Gasteiger partial charge >= 0.3 is 12.2 Å². The number of ether oxygens (including phenoxy) is 2. The number of benzene rings is 1. The Balaban J connectivity index is 2.41. The van der Waals surface area contributed by atoms with Gasteiger partial charge in [0.05, 0.1) is 12.2 Å². The number of alkyl halides is 2. The van der Waals surface area contributed by atoms with Crippen LogP contribution in [0.25, 0.3) is 0 Å². The van der Waals surface area contributed by atoms with E-state index in [0.717, 1.165) is 4.90 Å². The lowest BCUT2D eigenvalue weighted by Gasteiger charge is -2.18. The minimum absolute atomic E-state index is 0.0512. The molecule has 0 bridgehead atoms. The number of hydrogen-bond donors (Lipinski definition) is 2. The van der Waals surface area contributed by atoms with Crippen LogP contribution in [-0.2, 0) is 32.2 Å². The molecule has 0 spiro atoms. The first kappa shape index (κ1) is 31.0. The van der Waals surface area contributed by atoms with Crippen LogP contribution in [0, 0.1) is 0 Å². The molecule has 0 aliphatic carbocycles. The summed E-state index contributed by atoms with van der Waals surface area (Å²) in [6, 6.07) is 5.06. The number of rotatable bonds is 10. The van der Waals surface area contributed by atoms with Crippen molar-refractivity contribution in [2.24, 2.45) is 0 Å². The second kappa shape index (κ2) is 14.7. The summed E-state index contributed by atoms with van der Waals surface area (Å²) in [6.45, 7) is 5.26. The van der Waals surface area contributed by atoms with E-state index in [1.54, 1.807) is 29.7 Å². The fraction of sp³-hybridized carbons (Fsp3) is 0.409. The second-order valence-corrected chi connectivity index (χ2v) is 10.3. The molecule has 0 saturated heterocycles. The molecule has 4 amide bonds. The molecule has 0 radical (unpaired) electrons. The zero-order chi connectivity index (χ0) is 27.7. The molecule has 15 heteroatoms. The Morgan fingerprint density at radius 3 is 2.08 bits per heavy atom. The second-order valence-electron chi connectivity index (χ2n) is 7.85. The van der Waals surface area contributed by atoms with Crippen molar-refractivity contribution < 1.29 is 28.7 Å². The van der Waals surface area contributed by atoms with Crippen LogP contribution in [0.5, 0.6) is 0 Å². The summed E-state index contributed by atoms with van der Waals surface area (Å²) >= 11 is 24.5. The van der Waals surface area contributed by atoms with Crippen LogP contribution in [0.1, 0.15) is 38.2 Å². The number of carbonyl (C=O) groups excluding carboxylic acids is 4. The van der Waals surface area contributed by atoms with Crippen LogP contribution in [0.4, 0.5) is 9.59 Å². The van der Waals surface area contributed by atoms with E-state index in [2.05, 4.69) is 4.98 Å². The molecule has 0 saturated carbocycles. The lowest BCUT2D eigenvalue weighted by atomic mass is 10.1. The van der Waals surface area contributed by atoms with Crippen LogP contribution < -0.4 is 10.6 Å². The van der Waals surface area contributed by atoms with E-state index in [0.29, 0.717) is 26.6 Å². The first-order valence-electron chi connectivity index (χ1n) is 10.8. The van der Waals surface area contributed by atoms with Gasteiger partial charge in [-0.1, -0.05) is 48.8 Å². The first-order valence-corrected chi connectivity index (χ1v) is 13.4. The fourth-order valence-electron chi connectivity index (χ4n) is 2.95. The summed E-state index contributed by atoms with van der Waals surface area (Å²) < 4.78 is 12.2. The lowest BCUT2D eigenvalue weighted by molar-refractivity contribution is -0.119. The normalized spacial score (nSPS) is 11.7. The summed E-state index contributed by atoms with van der Waals surface area (Å²) in [5, 5.41) is 5.53. The zero-order valence-electron chi connectivity index (χ0n) is 20.0. The van der Waals surface area contributed by atoms with E-state index in [-0.39, 0.29) is 19.1 Å². The number of imidazole rings is 1. The molecule has 37 heavy (non-hydrogen) atoms. The molecule has 1 heterocycles. The van der Waals surface area contributed by atoms with Crippen LogP contribution in [0.15, 0.2) is 28.1 Å². The Morgan fingerprint density at radius 1 is 0.973 bits per heavy atom. The molecule has 1 atom stereocenters. The summed E-state index contributed by atoms with van der Waals surface area (Å²) in [6.07, 6.45) is -2.70. The molecule has 0 aliphatic heterocycles. The van der Waals surface area contributed by atoms with E-state index >= 15 is 0 Å². The number of nitrogens with zero attached hydrogens (tertiary/aromatic N) is 2. The monoisotopic (exact) mass is 612 g/mol. The maximum atomic E-state index is 12.0. The average Bonchev–Trinajstić information content (AvgIpc) is 3.13. The average molecular weight is 614 g/mol. The number of halogens is 4. The van der Waals surface area contributed by atoms with Crippen molar-refractivity contribution in [2.45, 2.75) is 55.9 Å². The third-order valence-corrected chi connectivity index (χ3v) is 6.44. The standard InChI is InChI=1S/C22H24Cl4N4O6S/c1-11(2)19-20(37-15-5-13(25)4-14(26)6-15)30(9-12(3)36-22(34)29-18(32)8-24)16(27-19)10-35-21(33)28-17(31)7-23/h4-6,11-12H,7-10H2,1-3H3,(H,28,31,33)(H,29,32,34). The molecule has 0 fully saturated rings. The quantitative estimate of drug-likeness (QED) is 0.344. The van der Waals surface area contributed by atoms with Gasteiger partial charge in [-0.3, -0.25) is 20.2 Å². The van der Waals surface area contributed by atoms with Crippen molar-refractivity contribution in [3.05, 3.63) is 39.8 Å². The van der Waals surface area contributed by atoms with Gasteiger partial charge in [0.2, 0.25) is 11.8 Å². The predicted octanol–water partition coefficient (Wildman–Crippen LogP) is 5.34. The largest absolute Gasteiger partial charge is 0.444 e. The molecule has 2 rings (SSSR count). The maximum Gasteiger partial charge on any atom is 0.414 e. The predicted molar refractivity (Wildman–Crippen MR) is 141 cm³/mol. The van der Waals surface area contributed by atoms with E-state index in [9.17, 15) is 19.2 Å². The van der Waals surface area contributed by atoms with Gasteiger partial charge in [0.1, 0.15) is 28.7 Å². The van der Waals surface area contributed by atoms with E-state index < -0.39 is 41.9 Å². The van der Waals surface area contributed by atoms with Gasteiger partial charge in [0, 0.05) is 14.9 Å². The summed E-state index contributed by atoms with van der Waals surface area (Å²) in [7, 11) is 0. The Morgan fingerprint density at radius 2 is 1.54 bits per heavy atom. The van der Waals surface area contributed by atoms with E-state index in [1.165, 1.54) is 11.8 Å². The Hall–Kier alpha value is -2.18. The number of nitrogens with one attached hydrogen (secondary N) is 2. The highest BCUT2D eigenvalue weighted by Crippen LogP contribution is 2.37. The van der Waals surface area contributed by atoms with Gasteiger partial charge in [0.25, 0.3) is 0 Å². The molecular weight excluding hydrogens is 590 g/mol. The van der Waals surface area contributed by atoms with Crippen molar-refractivity contribution >= 4 is 82.2 Å². The minimum Gasteiger partial charge on any atom is -0.444 e. The van der Waals surface area contributed by atoms with Crippen molar-refractivity contribution in [1.82, 2.24) is 20.2 Å². The van der Waals surface area contributed by atoms with Crippen molar-refractivity contribution in [2.75, 3.05) is 11.8 Å². The Bertz CT molecular complexity index is 1140. The lowest BCUT2D eigenvalue weighted by Crippen LogP contribution is -2.35. The van der Waals surface area contributed by atoms with Crippen molar-refractivity contribution in [1.29, 1.82) is 0 Å². The third-order valence-electron chi connectivity index (χ3n) is 4.43. The van der Waals surface area contributed by atoms with Gasteiger partial charge in [-0.05, 0) is 31.0 Å². The molecule has 2 N–H and O–H groups in total. The highest BCUT2D eigenvalue weighted by molar-refractivity contribution is 7.99. The molecule has 1 aromatic heterocycles. The van der Waals surface area contributed by atoms with E-state index in [1.807, 2.05) is 24.5 Å². The van der Waals surface area contributed by atoms with Crippen LogP contribution in [0.2, 0.25) is 10.0 Å². The number of imide groups is 2. The van der Waals surface area contributed by atoms with E-state index in [4.69, 9.17) is 55.9 Å². The van der Waals surface area contributed by atoms with Crippen LogP contribution in [0.3, 0.4) is 0 Å². The number of alkyl carbamates (subject to hydrolysis) is 2. The number of carbonyl (C=O) groups is 4. The Labute approximate surface area is 237 Å². The van der Waals surface area contributed by atoms with Gasteiger partial charge < -0.3 is 14.0 Å². The van der Waals surface area contributed by atoms with Gasteiger partial charge in [-0.2, -0.15) is 0 Å². The Kier molecular flexibility index (Phi) is 12.3. The number of amides is 4. The fourth-order valence-corrected chi connectivity index (χ4v) is 5.01.